The predicted molar refractivity (Wildman–Crippen MR) is 89.6 cm³/mol. The molecule has 0 fully saturated rings. The molecule has 2 nitrogen and oxygen atoms in total. The van der Waals surface area contributed by atoms with Crippen LogP contribution >= 0.6 is 23.2 Å². The van der Waals surface area contributed by atoms with Crippen molar-refractivity contribution < 1.29 is 4.74 Å². The Bertz CT molecular complexity index is 581. The smallest absolute Gasteiger partial charge is 0.124 e. The molecule has 1 atom stereocenters. The topological polar surface area (TPSA) is 21.3 Å². The summed E-state index contributed by atoms with van der Waals surface area (Å²) in [5.41, 5.74) is 1.90. The average molecular weight is 324 g/mol. The van der Waals surface area contributed by atoms with Crippen LogP contribution in [0.5, 0.6) is 5.75 Å². The SMILES string of the molecule is CCCOc1ccccc1C(NC)c1c(Cl)cccc1Cl. The van der Waals surface area contributed by atoms with Crippen LogP contribution in [0.15, 0.2) is 42.5 Å². The molecule has 0 aliphatic rings. The number of nitrogens with one attached hydrogen (secondary N) is 1. The highest BCUT2D eigenvalue weighted by Gasteiger charge is 2.21. The number of halogens is 2. The van der Waals surface area contributed by atoms with E-state index in [1.165, 1.54) is 0 Å². The van der Waals surface area contributed by atoms with Crippen molar-refractivity contribution in [2.24, 2.45) is 0 Å². The zero-order valence-electron chi connectivity index (χ0n) is 12.2. The van der Waals surface area contributed by atoms with E-state index >= 15 is 0 Å². The van der Waals surface area contributed by atoms with Crippen molar-refractivity contribution in [1.29, 1.82) is 0 Å². The van der Waals surface area contributed by atoms with Crippen molar-refractivity contribution in [2.75, 3.05) is 13.7 Å². The molecule has 2 aromatic rings. The van der Waals surface area contributed by atoms with E-state index < -0.39 is 0 Å². The van der Waals surface area contributed by atoms with Gasteiger partial charge in [-0.1, -0.05) is 54.4 Å². The first-order chi connectivity index (χ1) is 10.2. The molecule has 0 amide bonds. The first-order valence-electron chi connectivity index (χ1n) is 7.02. The molecule has 1 N–H and O–H groups in total. The lowest BCUT2D eigenvalue weighted by molar-refractivity contribution is 0.312. The first kappa shape index (κ1) is 16.2. The molecule has 0 heterocycles. The summed E-state index contributed by atoms with van der Waals surface area (Å²) in [6, 6.07) is 13.4. The minimum Gasteiger partial charge on any atom is -0.493 e. The van der Waals surface area contributed by atoms with Gasteiger partial charge >= 0.3 is 0 Å². The third kappa shape index (κ3) is 3.70. The van der Waals surface area contributed by atoms with Crippen LogP contribution in [0.25, 0.3) is 0 Å². The van der Waals surface area contributed by atoms with Crippen molar-refractivity contribution in [3.05, 3.63) is 63.6 Å². The maximum absolute atomic E-state index is 6.34. The number of rotatable bonds is 6. The van der Waals surface area contributed by atoms with Gasteiger partial charge in [0.25, 0.3) is 0 Å². The molecule has 0 saturated carbocycles. The molecule has 0 bridgehead atoms. The number of hydrogen-bond acceptors (Lipinski definition) is 2. The summed E-state index contributed by atoms with van der Waals surface area (Å²) in [5.74, 6) is 0.856. The van der Waals surface area contributed by atoms with Gasteiger partial charge in [0.2, 0.25) is 0 Å². The van der Waals surface area contributed by atoms with Crippen LogP contribution in [0, 0.1) is 0 Å². The van der Waals surface area contributed by atoms with E-state index in [0.717, 1.165) is 23.3 Å². The molecule has 1 unspecified atom stereocenters. The molecule has 0 aliphatic carbocycles. The van der Waals surface area contributed by atoms with Gasteiger partial charge in [-0.3, -0.25) is 0 Å². The van der Waals surface area contributed by atoms with E-state index in [-0.39, 0.29) is 6.04 Å². The Balaban J connectivity index is 2.47. The second kappa shape index (κ2) is 7.69. The van der Waals surface area contributed by atoms with Gasteiger partial charge in [-0.15, -0.1) is 0 Å². The number of hydrogen-bond donors (Lipinski definition) is 1. The Hall–Kier alpha value is -1.22. The molecular formula is C17H19Cl2NO. The lowest BCUT2D eigenvalue weighted by atomic mass is 9.97. The van der Waals surface area contributed by atoms with E-state index in [0.29, 0.717) is 16.7 Å². The normalized spacial score (nSPS) is 12.2. The predicted octanol–water partition coefficient (Wildman–Crippen LogP) is 5.09. The summed E-state index contributed by atoms with van der Waals surface area (Å²) in [6.07, 6.45) is 0.964. The molecule has 0 saturated heterocycles. The fourth-order valence-corrected chi connectivity index (χ4v) is 2.92. The summed E-state index contributed by atoms with van der Waals surface area (Å²) < 4.78 is 5.84. The molecule has 0 aromatic heterocycles. The maximum atomic E-state index is 6.34. The van der Waals surface area contributed by atoms with E-state index in [1.807, 2.05) is 49.5 Å². The second-order valence-electron chi connectivity index (χ2n) is 4.74. The van der Waals surface area contributed by atoms with Crippen molar-refractivity contribution in [1.82, 2.24) is 5.32 Å². The molecule has 21 heavy (non-hydrogen) atoms. The largest absolute Gasteiger partial charge is 0.493 e. The average Bonchev–Trinajstić information content (AvgIpc) is 2.49. The maximum Gasteiger partial charge on any atom is 0.124 e. The van der Waals surface area contributed by atoms with E-state index in [4.69, 9.17) is 27.9 Å². The zero-order chi connectivity index (χ0) is 15.2. The molecule has 2 rings (SSSR count). The van der Waals surface area contributed by atoms with Gasteiger partial charge in [0.05, 0.1) is 12.6 Å². The molecule has 4 heteroatoms. The van der Waals surface area contributed by atoms with E-state index in [1.54, 1.807) is 0 Å². The monoisotopic (exact) mass is 323 g/mol. The molecule has 0 spiro atoms. The minimum absolute atomic E-state index is 0.112. The van der Waals surface area contributed by atoms with Crippen molar-refractivity contribution in [3.63, 3.8) is 0 Å². The van der Waals surface area contributed by atoms with Gasteiger partial charge in [-0.05, 0) is 31.7 Å². The van der Waals surface area contributed by atoms with Gasteiger partial charge < -0.3 is 10.1 Å². The highest BCUT2D eigenvalue weighted by molar-refractivity contribution is 6.36. The van der Waals surface area contributed by atoms with Gasteiger partial charge in [0.1, 0.15) is 5.75 Å². The summed E-state index contributed by atoms with van der Waals surface area (Å²) in [7, 11) is 1.89. The second-order valence-corrected chi connectivity index (χ2v) is 5.56. The highest BCUT2D eigenvalue weighted by Crippen LogP contribution is 2.37. The molecule has 0 radical (unpaired) electrons. The standard InChI is InChI=1S/C17H19Cl2NO/c1-3-11-21-15-10-5-4-7-12(15)17(20-2)16-13(18)8-6-9-14(16)19/h4-10,17,20H,3,11H2,1-2H3. The Morgan fingerprint density at radius 2 is 1.71 bits per heavy atom. The third-order valence-corrected chi connectivity index (χ3v) is 3.93. The fraction of sp³-hybridized carbons (Fsp3) is 0.294. The van der Waals surface area contributed by atoms with Gasteiger partial charge in [-0.2, -0.15) is 0 Å². The van der Waals surface area contributed by atoms with E-state index in [2.05, 4.69) is 12.2 Å². The van der Waals surface area contributed by atoms with Crippen LogP contribution in [0.1, 0.15) is 30.5 Å². The van der Waals surface area contributed by atoms with Crippen molar-refractivity contribution >= 4 is 23.2 Å². The number of benzene rings is 2. The van der Waals surface area contributed by atoms with Crippen LogP contribution in [0.4, 0.5) is 0 Å². The lowest BCUT2D eigenvalue weighted by Crippen LogP contribution is -2.19. The Labute approximate surface area is 136 Å². The molecular weight excluding hydrogens is 305 g/mol. The van der Waals surface area contributed by atoms with Crippen molar-refractivity contribution in [2.45, 2.75) is 19.4 Å². The van der Waals surface area contributed by atoms with Gasteiger partial charge in [0.15, 0.2) is 0 Å². The van der Waals surface area contributed by atoms with Crippen molar-refractivity contribution in [3.8, 4) is 5.75 Å². The number of para-hydroxylation sites is 1. The summed E-state index contributed by atoms with van der Waals surface area (Å²) in [6.45, 7) is 2.77. The lowest BCUT2D eigenvalue weighted by Gasteiger charge is -2.22. The first-order valence-corrected chi connectivity index (χ1v) is 7.77. The zero-order valence-corrected chi connectivity index (χ0v) is 13.7. The van der Waals surface area contributed by atoms with E-state index in [9.17, 15) is 0 Å². The van der Waals surface area contributed by atoms with Crippen LogP contribution in [-0.4, -0.2) is 13.7 Å². The summed E-state index contributed by atoms with van der Waals surface area (Å²) in [5, 5.41) is 4.58. The Morgan fingerprint density at radius 1 is 1.05 bits per heavy atom. The Kier molecular flexibility index (Phi) is 5.92. The Morgan fingerprint density at radius 3 is 2.33 bits per heavy atom. The fourth-order valence-electron chi connectivity index (χ4n) is 2.30. The van der Waals surface area contributed by atoms with Crippen LogP contribution < -0.4 is 10.1 Å². The third-order valence-electron chi connectivity index (χ3n) is 3.27. The minimum atomic E-state index is -0.112. The molecule has 0 aliphatic heterocycles. The van der Waals surface area contributed by atoms with Gasteiger partial charge in [-0.25, -0.2) is 0 Å². The summed E-state index contributed by atoms with van der Waals surface area (Å²) in [4.78, 5) is 0. The molecule has 2 aromatic carbocycles. The van der Waals surface area contributed by atoms with Crippen LogP contribution in [-0.2, 0) is 0 Å². The summed E-state index contributed by atoms with van der Waals surface area (Å²) >= 11 is 12.7. The van der Waals surface area contributed by atoms with Crippen LogP contribution in [0.2, 0.25) is 10.0 Å². The number of ether oxygens (including phenoxy) is 1. The quantitative estimate of drug-likeness (QED) is 0.799. The molecule has 112 valence electrons. The highest BCUT2D eigenvalue weighted by atomic mass is 35.5. The van der Waals surface area contributed by atoms with Crippen LogP contribution in [0.3, 0.4) is 0 Å². The van der Waals surface area contributed by atoms with Gasteiger partial charge in [0, 0.05) is 21.2 Å².